The average Bonchev–Trinajstić information content (AvgIpc) is 2.47. The predicted octanol–water partition coefficient (Wildman–Crippen LogP) is 0.882. The van der Waals surface area contributed by atoms with Crippen LogP contribution in [0.25, 0.3) is 0 Å². The maximum atomic E-state index is 12.0. The Morgan fingerprint density at radius 2 is 1.95 bits per heavy atom. The van der Waals surface area contributed by atoms with E-state index in [-0.39, 0.29) is 12.5 Å². The van der Waals surface area contributed by atoms with Gasteiger partial charge in [0.05, 0.1) is 13.1 Å². The zero-order valence-electron chi connectivity index (χ0n) is 11.4. The largest absolute Gasteiger partial charge is 0.401 e. The minimum absolute atomic E-state index is 0.289. The van der Waals surface area contributed by atoms with Gasteiger partial charge in [0.25, 0.3) is 0 Å². The molecule has 1 aliphatic rings. The van der Waals surface area contributed by atoms with Gasteiger partial charge in [-0.25, -0.2) is 4.98 Å². The molecule has 0 spiro atoms. The molecule has 1 aliphatic heterocycles. The number of nitrogens with zero attached hydrogens (tertiary/aromatic N) is 3. The molecule has 1 N–H and O–H groups in total. The average molecular weight is 302 g/mol. The second-order valence-corrected chi connectivity index (χ2v) is 4.77. The molecular weight excluding hydrogens is 285 g/mol. The molecule has 5 nitrogen and oxygen atoms in total. The van der Waals surface area contributed by atoms with E-state index in [1.807, 2.05) is 23.1 Å². The van der Waals surface area contributed by atoms with E-state index >= 15 is 0 Å². The first-order valence-corrected chi connectivity index (χ1v) is 6.67. The van der Waals surface area contributed by atoms with E-state index in [1.54, 1.807) is 11.1 Å². The van der Waals surface area contributed by atoms with E-state index in [9.17, 15) is 18.0 Å². The maximum Gasteiger partial charge on any atom is 0.401 e. The van der Waals surface area contributed by atoms with Crippen molar-refractivity contribution in [2.24, 2.45) is 0 Å². The summed E-state index contributed by atoms with van der Waals surface area (Å²) in [5.74, 6) is 0.541. The lowest BCUT2D eigenvalue weighted by Crippen LogP contribution is -2.51. The number of amides is 1. The molecule has 2 rings (SSSR count). The molecule has 0 unspecified atom stereocenters. The van der Waals surface area contributed by atoms with Crippen LogP contribution in [0.4, 0.5) is 19.0 Å². The topological polar surface area (TPSA) is 48.5 Å². The van der Waals surface area contributed by atoms with Crippen LogP contribution in [0.3, 0.4) is 0 Å². The molecule has 0 aliphatic carbocycles. The zero-order chi connectivity index (χ0) is 15.3. The van der Waals surface area contributed by atoms with Gasteiger partial charge >= 0.3 is 6.18 Å². The minimum atomic E-state index is -4.29. The van der Waals surface area contributed by atoms with Gasteiger partial charge in [0.2, 0.25) is 5.91 Å². The number of anilines is 1. The molecule has 0 radical (unpaired) electrons. The molecule has 0 atom stereocenters. The van der Waals surface area contributed by atoms with Crippen molar-refractivity contribution >= 4 is 11.7 Å². The standard InChI is InChI=1S/C13H17F3N4O/c14-13(15,16)10-17-9-12(21)20-7-5-19(6-8-20)11-3-1-2-4-18-11/h1-4,17H,5-10H2. The normalized spacial score (nSPS) is 16.1. The van der Waals surface area contributed by atoms with Crippen molar-refractivity contribution < 1.29 is 18.0 Å². The Morgan fingerprint density at radius 1 is 1.24 bits per heavy atom. The van der Waals surface area contributed by atoms with E-state index < -0.39 is 12.7 Å². The highest BCUT2D eigenvalue weighted by atomic mass is 19.4. The van der Waals surface area contributed by atoms with Crippen molar-refractivity contribution in [3.05, 3.63) is 24.4 Å². The van der Waals surface area contributed by atoms with Crippen LogP contribution < -0.4 is 10.2 Å². The van der Waals surface area contributed by atoms with Crippen LogP contribution in [0.1, 0.15) is 0 Å². The fourth-order valence-corrected chi connectivity index (χ4v) is 2.15. The smallest absolute Gasteiger partial charge is 0.353 e. The molecule has 0 bridgehead atoms. The number of piperazine rings is 1. The summed E-state index contributed by atoms with van der Waals surface area (Å²) in [6.45, 7) is 0.798. The van der Waals surface area contributed by atoms with Crippen LogP contribution in [0.15, 0.2) is 24.4 Å². The fourth-order valence-electron chi connectivity index (χ4n) is 2.15. The molecule has 8 heteroatoms. The van der Waals surface area contributed by atoms with Gasteiger partial charge < -0.3 is 15.1 Å². The highest BCUT2D eigenvalue weighted by Crippen LogP contribution is 2.13. The number of carbonyl (C=O) groups is 1. The van der Waals surface area contributed by atoms with Crippen molar-refractivity contribution in [2.75, 3.05) is 44.2 Å². The number of hydrogen-bond acceptors (Lipinski definition) is 4. The van der Waals surface area contributed by atoms with Gasteiger partial charge in [-0.3, -0.25) is 4.79 Å². The number of pyridine rings is 1. The molecule has 2 heterocycles. The van der Waals surface area contributed by atoms with Crippen LogP contribution in [0, 0.1) is 0 Å². The van der Waals surface area contributed by atoms with Gasteiger partial charge in [0.1, 0.15) is 5.82 Å². The molecule has 1 amide bonds. The Morgan fingerprint density at radius 3 is 2.52 bits per heavy atom. The monoisotopic (exact) mass is 302 g/mol. The maximum absolute atomic E-state index is 12.0. The number of hydrogen-bond donors (Lipinski definition) is 1. The summed E-state index contributed by atoms with van der Waals surface area (Å²) in [6, 6.07) is 5.61. The van der Waals surface area contributed by atoms with E-state index in [4.69, 9.17) is 0 Å². The summed E-state index contributed by atoms with van der Waals surface area (Å²) in [5, 5.41) is 2.12. The SMILES string of the molecule is O=C(CNCC(F)(F)F)N1CCN(c2ccccn2)CC1. The Balaban J connectivity index is 1.75. The van der Waals surface area contributed by atoms with Crippen molar-refractivity contribution in [3.63, 3.8) is 0 Å². The zero-order valence-corrected chi connectivity index (χ0v) is 11.4. The molecule has 1 fully saturated rings. The third-order valence-electron chi connectivity index (χ3n) is 3.21. The van der Waals surface area contributed by atoms with Crippen LogP contribution in [-0.2, 0) is 4.79 Å². The molecular formula is C13H17F3N4O. The molecule has 1 aromatic heterocycles. The number of alkyl halides is 3. The predicted molar refractivity (Wildman–Crippen MR) is 72.0 cm³/mol. The molecule has 0 aromatic carbocycles. The number of rotatable bonds is 4. The number of halogens is 3. The Bertz CT molecular complexity index is 458. The summed E-state index contributed by atoms with van der Waals surface area (Å²) in [7, 11) is 0. The first-order valence-electron chi connectivity index (χ1n) is 6.67. The van der Waals surface area contributed by atoms with E-state index in [0.717, 1.165) is 5.82 Å². The van der Waals surface area contributed by atoms with E-state index in [1.165, 1.54) is 0 Å². The minimum Gasteiger partial charge on any atom is -0.353 e. The van der Waals surface area contributed by atoms with Crippen LogP contribution >= 0.6 is 0 Å². The summed E-state index contributed by atoms with van der Waals surface area (Å²) < 4.78 is 36.0. The van der Waals surface area contributed by atoms with Crippen LogP contribution in [-0.4, -0.2) is 61.2 Å². The van der Waals surface area contributed by atoms with Gasteiger partial charge in [0.15, 0.2) is 0 Å². The number of carbonyl (C=O) groups excluding carboxylic acids is 1. The summed E-state index contributed by atoms with van der Waals surface area (Å²) >= 11 is 0. The van der Waals surface area contributed by atoms with Crippen molar-refractivity contribution in [1.29, 1.82) is 0 Å². The Hall–Kier alpha value is -1.83. The fraction of sp³-hybridized carbons (Fsp3) is 0.538. The van der Waals surface area contributed by atoms with Gasteiger partial charge in [-0.1, -0.05) is 6.07 Å². The van der Waals surface area contributed by atoms with Crippen molar-refractivity contribution in [2.45, 2.75) is 6.18 Å². The highest BCUT2D eigenvalue weighted by Gasteiger charge is 2.27. The molecule has 1 saturated heterocycles. The molecule has 0 saturated carbocycles. The second-order valence-electron chi connectivity index (χ2n) is 4.77. The highest BCUT2D eigenvalue weighted by molar-refractivity contribution is 5.78. The van der Waals surface area contributed by atoms with Crippen LogP contribution in [0.5, 0.6) is 0 Å². The van der Waals surface area contributed by atoms with Crippen molar-refractivity contribution in [3.8, 4) is 0 Å². The summed E-state index contributed by atoms with van der Waals surface area (Å²) in [4.78, 5) is 19.6. The second kappa shape index (κ2) is 6.75. The Kier molecular flexibility index (Phi) is 5.00. The van der Waals surface area contributed by atoms with Gasteiger partial charge in [-0.2, -0.15) is 13.2 Å². The first kappa shape index (κ1) is 15.6. The van der Waals surface area contributed by atoms with Crippen LogP contribution in [0.2, 0.25) is 0 Å². The number of aromatic nitrogens is 1. The number of nitrogens with one attached hydrogen (secondary N) is 1. The van der Waals surface area contributed by atoms with E-state index in [2.05, 4.69) is 10.3 Å². The lowest BCUT2D eigenvalue weighted by atomic mass is 10.3. The van der Waals surface area contributed by atoms with Gasteiger partial charge in [-0.15, -0.1) is 0 Å². The van der Waals surface area contributed by atoms with E-state index in [0.29, 0.717) is 26.2 Å². The Labute approximate surface area is 120 Å². The summed E-state index contributed by atoms with van der Waals surface area (Å²) in [6.07, 6.45) is -2.59. The third-order valence-corrected chi connectivity index (χ3v) is 3.21. The molecule has 1 aromatic rings. The first-order chi connectivity index (χ1) is 9.96. The lowest BCUT2D eigenvalue weighted by molar-refractivity contribution is -0.134. The van der Waals surface area contributed by atoms with Crippen molar-refractivity contribution in [1.82, 2.24) is 15.2 Å². The lowest BCUT2D eigenvalue weighted by Gasteiger charge is -2.35. The quantitative estimate of drug-likeness (QED) is 0.897. The summed E-state index contributed by atoms with van der Waals surface area (Å²) in [5.41, 5.74) is 0. The third kappa shape index (κ3) is 4.89. The molecule has 116 valence electrons. The van der Waals surface area contributed by atoms with Gasteiger partial charge in [-0.05, 0) is 12.1 Å². The van der Waals surface area contributed by atoms with Gasteiger partial charge in [0, 0.05) is 32.4 Å². The molecule has 21 heavy (non-hydrogen) atoms.